The summed E-state index contributed by atoms with van der Waals surface area (Å²) in [6.45, 7) is 24.1. The Hall–Kier alpha value is -1.97. The summed E-state index contributed by atoms with van der Waals surface area (Å²) < 4.78 is 1.33. The zero-order chi connectivity index (χ0) is 31.6. The molecule has 4 aromatic rings. The van der Waals surface area contributed by atoms with Crippen LogP contribution in [0.25, 0.3) is 34.4 Å². The summed E-state index contributed by atoms with van der Waals surface area (Å²) in [6, 6.07) is 32.9. The number of halogens is 2. The molecule has 2 aliphatic carbocycles. The average molecular weight is 831 g/mol. The molecule has 239 valence electrons. The maximum Gasteiger partial charge on any atom is -1.00 e. The molecule has 2 atom stereocenters. The minimum atomic E-state index is -2.32. The van der Waals surface area contributed by atoms with Gasteiger partial charge in [-0.2, -0.15) is 0 Å². The van der Waals surface area contributed by atoms with Gasteiger partial charge in [-0.25, -0.2) is 0 Å². The average Bonchev–Trinajstić information content (AvgIpc) is 3.48. The first-order valence-corrected chi connectivity index (χ1v) is 29.7. The molecule has 0 amide bonds. The zero-order valence-corrected chi connectivity index (χ0v) is 35.5. The van der Waals surface area contributed by atoms with Gasteiger partial charge in [0.15, 0.2) is 0 Å². The second-order valence-corrected chi connectivity index (χ2v) is 43.5. The maximum absolute atomic E-state index is 2.67. The molecule has 0 aromatic heterocycles. The fourth-order valence-electron chi connectivity index (χ4n) is 7.63. The van der Waals surface area contributed by atoms with Crippen LogP contribution in [0.15, 0.2) is 96.1 Å². The third kappa shape index (κ3) is 6.80. The van der Waals surface area contributed by atoms with Crippen molar-refractivity contribution in [3.63, 3.8) is 0 Å². The van der Waals surface area contributed by atoms with Gasteiger partial charge in [-0.05, 0) is 0 Å². The number of hydrogen-bond donors (Lipinski definition) is 0. The Morgan fingerprint density at radius 2 is 0.913 bits per heavy atom. The second kappa shape index (κ2) is 13.9. The van der Waals surface area contributed by atoms with Gasteiger partial charge in [0.1, 0.15) is 0 Å². The monoisotopic (exact) mass is 831 g/mol. The first-order chi connectivity index (χ1) is 20.8. The summed E-state index contributed by atoms with van der Waals surface area (Å²) in [6.07, 6.45) is 5.15. The molecular weight excluding hydrogens is 782 g/mol. The van der Waals surface area contributed by atoms with Crippen molar-refractivity contribution in [2.75, 3.05) is 0 Å². The van der Waals surface area contributed by atoms with Crippen molar-refractivity contribution in [3.8, 4) is 22.3 Å². The van der Waals surface area contributed by atoms with E-state index >= 15 is 0 Å². The van der Waals surface area contributed by atoms with E-state index in [2.05, 4.69) is 166 Å². The zero-order valence-electron chi connectivity index (χ0n) is 29.2. The van der Waals surface area contributed by atoms with Gasteiger partial charge >= 0.3 is 277 Å². The van der Waals surface area contributed by atoms with E-state index in [4.69, 9.17) is 0 Å². The van der Waals surface area contributed by atoms with Crippen molar-refractivity contribution in [3.05, 3.63) is 129 Å². The number of benzene rings is 4. The smallest absolute Gasteiger partial charge is 1.00 e. The molecule has 0 radical (unpaired) electrons. The van der Waals surface area contributed by atoms with E-state index < -0.39 is 26.6 Å². The molecule has 6 rings (SSSR count). The van der Waals surface area contributed by atoms with Gasteiger partial charge in [0.05, 0.1) is 0 Å². The van der Waals surface area contributed by atoms with Crippen LogP contribution in [0.2, 0.25) is 13.1 Å². The Morgan fingerprint density at radius 3 is 1.26 bits per heavy atom. The van der Waals surface area contributed by atoms with Gasteiger partial charge in [-0.1, -0.05) is 0 Å². The predicted molar refractivity (Wildman–Crippen MR) is 193 cm³/mol. The van der Waals surface area contributed by atoms with E-state index in [-0.39, 0.29) is 35.6 Å². The van der Waals surface area contributed by atoms with E-state index in [1.54, 1.807) is 22.3 Å². The van der Waals surface area contributed by atoms with Crippen molar-refractivity contribution in [1.82, 2.24) is 0 Å². The first-order valence-electron chi connectivity index (χ1n) is 16.5. The van der Waals surface area contributed by atoms with Gasteiger partial charge in [0, 0.05) is 0 Å². The van der Waals surface area contributed by atoms with Crippen LogP contribution in [0, 0.1) is 0 Å². The van der Waals surface area contributed by atoms with Crippen LogP contribution in [0.1, 0.15) is 96.1 Å². The van der Waals surface area contributed by atoms with Crippen LogP contribution >= 0.6 is 0 Å². The molecule has 4 heteroatoms. The largest absolute Gasteiger partial charge is 1.00 e. The van der Waals surface area contributed by atoms with Crippen molar-refractivity contribution in [2.24, 2.45) is 0 Å². The number of rotatable bonds is 5. The molecule has 46 heavy (non-hydrogen) atoms. The second-order valence-electron chi connectivity index (χ2n) is 15.6. The quantitative estimate of drug-likeness (QED) is 0.222. The summed E-state index contributed by atoms with van der Waals surface area (Å²) >= 11 is -2.32. The van der Waals surface area contributed by atoms with Crippen molar-refractivity contribution in [1.29, 1.82) is 0 Å². The Labute approximate surface area is 299 Å². The third-order valence-corrected chi connectivity index (χ3v) is 41.4. The van der Waals surface area contributed by atoms with E-state index in [1.807, 2.05) is 0 Å². The van der Waals surface area contributed by atoms with Crippen LogP contribution in [0.4, 0.5) is 0 Å². The van der Waals surface area contributed by atoms with Crippen LogP contribution < -0.4 is 24.8 Å². The van der Waals surface area contributed by atoms with Crippen LogP contribution in [0.3, 0.4) is 0 Å². The number of allylic oxidation sites excluding steroid dienone is 2. The molecule has 0 fully saturated rings. The van der Waals surface area contributed by atoms with Gasteiger partial charge < -0.3 is 24.8 Å². The van der Waals surface area contributed by atoms with E-state index in [1.165, 1.54) is 44.5 Å². The van der Waals surface area contributed by atoms with E-state index in [0.29, 0.717) is 7.35 Å². The molecule has 0 nitrogen and oxygen atoms in total. The molecule has 2 unspecified atom stereocenters. The van der Waals surface area contributed by atoms with E-state index in [9.17, 15) is 0 Å². The predicted octanol–water partition coefficient (Wildman–Crippen LogP) is 5.84. The maximum atomic E-state index is 2.67. The van der Waals surface area contributed by atoms with Crippen molar-refractivity contribution < 1.29 is 45.4 Å². The Morgan fingerprint density at radius 1 is 0.543 bits per heavy atom. The molecule has 0 saturated carbocycles. The topological polar surface area (TPSA) is 0 Å². The van der Waals surface area contributed by atoms with E-state index in [0.717, 1.165) is 0 Å². The third-order valence-electron chi connectivity index (χ3n) is 9.97. The minimum absolute atomic E-state index is 0. The molecule has 0 aliphatic heterocycles. The summed E-state index contributed by atoms with van der Waals surface area (Å²) in [5, 5.41) is 0. The van der Waals surface area contributed by atoms with Crippen LogP contribution in [0.5, 0.6) is 0 Å². The molecule has 0 spiro atoms. The molecule has 0 saturated heterocycles. The van der Waals surface area contributed by atoms with Gasteiger partial charge in [-0.3, -0.25) is 0 Å². The van der Waals surface area contributed by atoms with Crippen molar-refractivity contribution in [2.45, 2.75) is 86.7 Å². The Balaban J connectivity index is 0.00000240. The molecule has 2 aliphatic rings. The van der Waals surface area contributed by atoms with Crippen LogP contribution in [-0.4, -0.2) is 5.98 Å². The standard InChI is InChI=1S/2C20H21.C2H7Si.2ClH.Hf/c2*1-14-11-15-8-6-10-18(19(15)12-14)16-7-5-9-17(13-16)20(2,3)4;1-3-2;;;/h2*5-13H,1-4H3;3H,1-2H3;2*1H;/q;;;;;+2/p-2. The Kier molecular flexibility index (Phi) is 11.1. The first kappa shape index (κ1) is 36.9. The Bertz CT molecular complexity index is 1670. The summed E-state index contributed by atoms with van der Waals surface area (Å²) in [4.78, 5) is 0. The number of fused-ring (bicyclic) bond motifs is 2. The molecule has 0 heterocycles. The SMILES string of the molecule is CC1=Cc2c(-c3cccc(C(C)(C)C)c3)cccc2[CH]1[Hf+2]([CH]1C(C)=Cc2c(-c3cccc(C(C)(C)C)c3)cccc21)[SiH](C)C.[Cl-].[Cl-]. The normalized spacial score (nSPS) is 17.0. The van der Waals surface area contributed by atoms with Crippen LogP contribution in [-0.2, 0) is 31.4 Å². The van der Waals surface area contributed by atoms with Gasteiger partial charge in [-0.15, -0.1) is 0 Å². The summed E-state index contributed by atoms with van der Waals surface area (Å²) in [7, 11) is 0. The fourth-order valence-corrected chi connectivity index (χ4v) is 40.5. The minimum Gasteiger partial charge on any atom is -1.00 e. The molecule has 0 N–H and O–H groups in total. The van der Waals surface area contributed by atoms with Gasteiger partial charge in [0.25, 0.3) is 0 Å². The number of hydrogen-bond acceptors (Lipinski definition) is 0. The summed E-state index contributed by atoms with van der Waals surface area (Å²) in [5.74, 6) is -0.896. The fraction of sp³-hybridized carbons (Fsp3) is 0.333. The van der Waals surface area contributed by atoms with Crippen molar-refractivity contribution >= 4 is 18.1 Å². The summed E-state index contributed by atoms with van der Waals surface area (Å²) in [5.41, 5.74) is 18.1. The molecule has 4 aromatic carbocycles. The molecule has 0 bridgehead atoms. The van der Waals surface area contributed by atoms with Gasteiger partial charge in [0.2, 0.25) is 0 Å². The molecular formula is C42H49Cl2HfSi.